The molecule has 0 aromatic heterocycles. The van der Waals surface area contributed by atoms with Crippen molar-refractivity contribution >= 4 is 5.91 Å². The molecule has 1 aromatic rings. The van der Waals surface area contributed by atoms with E-state index < -0.39 is 0 Å². The molecule has 1 aliphatic rings. The molecule has 0 saturated carbocycles. The monoisotopic (exact) mass is 261 g/mol. The number of fused-ring (bicyclic) bond motifs is 1. The molecule has 1 aliphatic carbocycles. The molecule has 0 bridgehead atoms. The van der Waals surface area contributed by atoms with Gasteiger partial charge in [-0.2, -0.15) is 0 Å². The smallest absolute Gasteiger partial charge is 0.223 e. The summed E-state index contributed by atoms with van der Waals surface area (Å²) in [7, 11) is 0. The van der Waals surface area contributed by atoms with Gasteiger partial charge in [-0.25, -0.2) is 0 Å². The minimum absolute atomic E-state index is 0.0321. The number of amides is 1. The molecule has 19 heavy (non-hydrogen) atoms. The lowest BCUT2D eigenvalue weighted by Gasteiger charge is -2.25. The van der Waals surface area contributed by atoms with Crippen molar-refractivity contribution in [3.63, 3.8) is 0 Å². The SMILES string of the molecule is CC(O)CC(C)NC(=O)C1CCc2ccccc2C1. The number of rotatable bonds is 4. The molecule has 3 atom stereocenters. The summed E-state index contributed by atoms with van der Waals surface area (Å²) in [6.07, 6.45) is 2.98. The van der Waals surface area contributed by atoms with Crippen LogP contribution in [0.3, 0.4) is 0 Å². The fourth-order valence-electron chi connectivity index (χ4n) is 2.85. The van der Waals surface area contributed by atoms with Crippen molar-refractivity contribution in [2.24, 2.45) is 5.92 Å². The number of hydrogen-bond acceptors (Lipinski definition) is 2. The third-order valence-corrected chi connectivity index (χ3v) is 3.80. The second-order valence-electron chi connectivity index (χ2n) is 5.70. The number of aliphatic hydroxyl groups excluding tert-OH is 1. The zero-order valence-electron chi connectivity index (χ0n) is 11.7. The van der Waals surface area contributed by atoms with Gasteiger partial charge in [0.1, 0.15) is 0 Å². The topological polar surface area (TPSA) is 49.3 Å². The Bertz CT molecular complexity index is 442. The van der Waals surface area contributed by atoms with Crippen LogP contribution in [0.5, 0.6) is 0 Å². The van der Waals surface area contributed by atoms with Crippen LogP contribution in [0.2, 0.25) is 0 Å². The first-order valence-electron chi connectivity index (χ1n) is 7.11. The van der Waals surface area contributed by atoms with Crippen molar-refractivity contribution in [2.75, 3.05) is 0 Å². The maximum atomic E-state index is 12.2. The van der Waals surface area contributed by atoms with Gasteiger partial charge in [0.05, 0.1) is 6.10 Å². The van der Waals surface area contributed by atoms with Gasteiger partial charge in [0.25, 0.3) is 0 Å². The van der Waals surface area contributed by atoms with E-state index in [0.29, 0.717) is 6.42 Å². The molecule has 104 valence electrons. The molecule has 0 radical (unpaired) electrons. The van der Waals surface area contributed by atoms with Crippen LogP contribution in [0.15, 0.2) is 24.3 Å². The molecule has 2 rings (SSSR count). The van der Waals surface area contributed by atoms with E-state index in [2.05, 4.69) is 23.5 Å². The van der Waals surface area contributed by atoms with Gasteiger partial charge >= 0.3 is 0 Å². The third kappa shape index (κ3) is 3.80. The quantitative estimate of drug-likeness (QED) is 0.871. The van der Waals surface area contributed by atoms with Crippen LogP contribution in [-0.2, 0) is 17.6 Å². The summed E-state index contributed by atoms with van der Waals surface area (Å²) in [5, 5.41) is 12.3. The predicted molar refractivity (Wildman–Crippen MR) is 75.9 cm³/mol. The van der Waals surface area contributed by atoms with Crippen molar-refractivity contribution in [1.29, 1.82) is 0 Å². The molecule has 0 saturated heterocycles. The van der Waals surface area contributed by atoms with Crippen LogP contribution in [0.1, 0.15) is 37.8 Å². The maximum Gasteiger partial charge on any atom is 0.223 e. The Balaban J connectivity index is 1.92. The molecule has 3 nitrogen and oxygen atoms in total. The van der Waals surface area contributed by atoms with Crippen molar-refractivity contribution in [2.45, 2.75) is 51.7 Å². The number of benzene rings is 1. The summed E-state index contributed by atoms with van der Waals surface area (Å²) in [6, 6.07) is 8.40. The summed E-state index contributed by atoms with van der Waals surface area (Å²) in [5.41, 5.74) is 2.68. The lowest BCUT2D eigenvalue weighted by molar-refractivity contribution is -0.126. The molecule has 0 heterocycles. The first kappa shape index (κ1) is 14.1. The molecule has 1 amide bonds. The minimum atomic E-state index is -0.373. The van der Waals surface area contributed by atoms with E-state index >= 15 is 0 Å². The normalized spacial score (nSPS) is 21.3. The highest BCUT2D eigenvalue weighted by molar-refractivity contribution is 5.79. The molecule has 0 aliphatic heterocycles. The Kier molecular flexibility index (Phi) is 4.59. The molecular weight excluding hydrogens is 238 g/mol. The number of hydrogen-bond donors (Lipinski definition) is 2. The largest absolute Gasteiger partial charge is 0.393 e. The fourth-order valence-corrected chi connectivity index (χ4v) is 2.85. The Morgan fingerprint density at radius 2 is 2.05 bits per heavy atom. The highest BCUT2D eigenvalue weighted by atomic mass is 16.3. The zero-order valence-corrected chi connectivity index (χ0v) is 11.7. The van der Waals surface area contributed by atoms with E-state index in [1.165, 1.54) is 11.1 Å². The standard InChI is InChI=1S/C16H23NO2/c1-11(9-12(2)18)17-16(19)15-8-7-13-5-3-4-6-14(13)10-15/h3-6,11-12,15,18H,7-10H2,1-2H3,(H,17,19). The fraction of sp³-hybridized carbons (Fsp3) is 0.562. The van der Waals surface area contributed by atoms with Crippen LogP contribution in [-0.4, -0.2) is 23.2 Å². The second kappa shape index (κ2) is 6.20. The summed E-state index contributed by atoms with van der Waals surface area (Å²) in [4.78, 5) is 12.2. The summed E-state index contributed by atoms with van der Waals surface area (Å²) in [6.45, 7) is 3.70. The van der Waals surface area contributed by atoms with Crippen LogP contribution in [0, 0.1) is 5.92 Å². The molecule has 1 aromatic carbocycles. The van der Waals surface area contributed by atoms with Crippen molar-refractivity contribution in [3.05, 3.63) is 35.4 Å². The van der Waals surface area contributed by atoms with E-state index in [1.807, 2.05) is 13.0 Å². The van der Waals surface area contributed by atoms with Gasteiger partial charge < -0.3 is 10.4 Å². The minimum Gasteiger partial charge on any atom is -0.393 e. The highest BCUT2D eigenvalue weighted by Crippen LogP contribution is 2.25. The number of carbonyl (C=O) groups excluding carboxylic acids is 1. The first-order chi connectivity index (χ1) is 9.06. The van der Waals surface area contributed by atoms with Gasteiger partial charge in [-0.3, -0.25) is 4.79 Å². The van der Waals surface area contributed by atoms with Crippen molar-refractivity contribution in [3.8, 4) is 0 Å². The summed E-state index contributed by atoms with van der Waals surface area (Å²) < 4.78 is 0. The Labute approximate surface area is 115 Å². The van der Waals surface area contributed by atoms with Crippen LogP contribution in [0.4, 0.5) is 0 Å². The van der Waals surface area contributed by atoms with Gasteiger partial charge in [-0.1, -0.05) is 24.3 Å². The second-order valence-corrected chi connectivity index (χ2v) is 5.70. The number of nitrogens with one attached hydrogen (secondary N) is 1. The van der Waals surface area contributed by atoms with Crippen LogP contribution < -0.4 is 5.32 Å². The average Bonchev–Trinajstić information content (AvgIpc) is 2.37. The lowest BCUT2D eigenvalue weighted by atomic mass is 9.83. The average molecular weight is 261 g/mol. The van der Waals surface area contributed by atoms with Crippen molar-refractivity contribution in [1.82, 2.24) is 5.32 Å². The number of aliphatic hydroxyl groups is 1. The van der Waals surface area contributed by atoms with Crippen molar-refractivity contribution < 1.29 is 9.90 Å². The highest BCUT2D eigenvalue weighted by Gasteiger charge is 2.25. The molecule has 0 spiro atoms. The first-order valence-corrected chi connectivity index (χ1v) is 7.11. The van der Waals surface area contributed by atoms with Gasteiger partial charge in [0, 0.05) is 12.0 Å². The van der Waals surface area contributed by atoms with Crippen LogP contribution in [0.25, 0.3) is 0 Å². The van der Waals surface area contributed by atoms with E-state index in [1.54, 1.807) is 6.92 Å². The number of carbonyl (C=O) groups is 1. The van der Waals surface area contributed by atoms with Crippen LogP contribution >= 0.6 is 0 Å². The molecular formula is C16H23NO2. The molecule has 2 N–H and O–H groups in total. The van der Waals surface area contributed by atoms with E-state index in [9.17, 15) is 9.90 Å². The Morgan fingerprint density at radius 3 is 2.74 bits per heavy atom. The molecule has 3 unspecified atom stereocenters. The van der Waals surface area contributed by atoms with Gasteiger partial charge in [-0.15, -0.1) is 0 Å². The summed E-state index contributed by atoms with van der Waals surface area (Å²) in [5.74, 6) is 0.203. The van der Waals surface area contributed by atoms with E-state index in [0.717, 1.165) is 19.3 Å². The lowest BCUT2D eigenvalue weighted by Crippen LogP contribution is -2.40. The molecule has 3 heteroatoms. The molecule has 0 fully saturated rings. The summed E-state index contributed by atoms with van der Waals surface area (Å²) >= 11 is 0. The Morgan fingerprint density at radius 1 is 1.37 bits per heavy atom. The third-order valence-electron chi connectivity index (χ3n) is 3.80. The van der Waals surface area contributed by atoms with Gasteiger partial charge in [0.2, 0.25) is 5.91 Å². The zero-order chi connectivity index (χ0) is 13.8. The van der Waals surface area contributed by atoms with E-state index in [-0.39, 0.29) is 24.0 Å². The Hall–Kier alpha value is -1.35. The van der Waals surface area contributed by atoms with Gasteiger partial charge in [-0.05, 0) is 50.7 Å². The van der Waals surface area contributed by atoms with Gasteiger partial charge in [0.15, 0.2) is 0 Å². The predicted octanol–water partition coefficient (Wildman–Crippen LogP) is 2.07. The maximum absolute atomic E-state index is 12.2. The van der Waals surface area contributed by atoms with E-state index in [4.69, 9.17) is 0 Å². The number of aryl methyl sites for hydroxylation is 1.